The first kappa shape index (κ1) is 12.6. The van der Waals surface area contributed by atoms with Gasteiger partial charge in [-0.15, -0.1) is 0 Å². The Hall–Kier alpha value is -1.84. The number of amides is 1. The highest BCUT2D eigenvalue weighted by molar-refractivity contribution is 6.02. The number of rotatable bonds is 3. The van der Waals surface area contributed by atoms with Crippen LogP contribution in [-0.2, 0) is 4.79 Å². The minimum absolute atomic E-state index is 0.0483. The molecule has 0 fully saturated rings. The van der Waals surface area contributed by atoms with E-state index in [-0.39, 0.29) is 24.3 Å². The zero-order valence-electron chi connectivity index (χ0n) is 10.9. The number of fused-ring (bicyclic) bond motifs is 1. The van der Waals surface area contributed by atoms with Gasteiger partial charge in [-0.1, -0.05) is 6.92 Å². The van der Waals surface area contributed by atoms with Crippen molar-refractivity contribution in [2.45, 2.75) is 33.2 Å². The van der Waals surface area contributed by atoms with Crippen LogP contribution < -0.4 is 9.64 Å². The monoisotopic (exact) mass is 247 g/mol. The SMILES string of the molecule is CCC(=O)c1ccc2c(c1)N(C(C)C)C(=O)CO2. The summed E-state index contributed by atoms with van der Waals surface area (Å²) < 4.78 is 5.38. The molecule has 0 aromatic heterocycles. The smallest absolute Gasteiger partial charge is 0.265 e. The lowest BCUT2D eigenvalue weighted by Gasteiger charge is -2.32. The maximum absolute atomic E-state index is 11.9. The van der Waals surface area contributed by atoms with Crippen LogP contribution in [0.15, 0.2) is 18.2 Å². The van der Waals surface area contributed by atoms with Crippen LogP contribution in [0, 0.1) is 0 Å². The summed E-state index contributed by atoms with van der Waals surface area (Å²) in [7, 11) is 0. The quantitative estimate of drug-likeness (QED) is 0.770. The molecule has 1 aliphatic rings. The van der Waals surface area contributed by atoms with E-state index in [0.717, 1.165) is 0 Å². The molecule has 0 N–H and O–H groups in total. The molecule has 0 atom stereocenters. The number of benzene rings is 1. The highest BCUT2D eigenvalue weighted by Crippen LogP contribution is 2.34. The number of ketones is 1. The highest BCUT2D eigenvalue weighted by atomic mass is 16.5. The van der Waals surface area contributed by atoms with Crippen LogP contribution in [0.25, 0.3) is 0 Å². The van der Waals surface area contributed by atoms with Gasteiger partial charge in [-0.05, 0) is 32.0 Å². The van der Waals surface area contributed by atoms with Crippen LogP contribution in [0.2, 0.25) is 0 Å². The van der Waals surface area contributed by atoms with Crippen molar-refractivity contribution in [2.24, 2.45) is 0 Å². The number of anilines is 1. The molecule has 1 aliphatic heterocycles. The van der Waals surface area contributed by atoms with E-state index in [4.69, 9.17) is 4.74 Å². The summed E-state index contributed by atoms with van der Waals surface area (Å²) in [6.45, 7) is 5.78. The average Bonchev–Trinajstić information content (AvgIpc) is 2.36. The lowest BCUT2D eigenvalue weighted by molar-refractivity contribution is -0.121. The van der Waals surface area contributed by atoms with Crippen molar-refractivity contribution in [3.8, 4) is 5.75 Å². The molecule has 0 spiro atoms. The van der Waals surface area contributed by atoms with Gasteiger partial charge in [0.25, 0.3) is 5.91 Å². The van der Waals surface area contributed by atoms with Crippen LogP contribution >= 0.6 is 0 Å². The lowest BCUT2D eigenvalue weighted by atomic mass is 10.1. The molecule has 4 heteroatoms. The summed E-state index contributed by atoms with van der Waals surface area (Å²) >= 11 is 0. The molecule has 0 bridgehead atoms. The maximum atomic E-state index is 11.9. The molecular weight excluding hydrogens is 230 g/mol. The Morgan fingerprint density at radius 1 is 1.44 bits per heavy atom. The second kappa shape index (κ2) is 4.80. The fourth-order valence-electron chi connectivity index (χ4n) is 2.11. The van der Waals surface area contributed by atoms with Crippen molar-refractivity contribution in [3.63, 3.8) is 0 Å². The van der Waals surface area contributed by atoms with Crippen molar-refractivity contribution in [1.29, 1.82) is 0 Å². The van der Waals surface area contributed by atoms with E-state index >= 15 is 0 Å². The zero-order valence-corrected chi connectivity index (χ0v) is 10.9. The Balaban J connectivity index is 2.48. The van der Waals surface area contributed by atoms with Gasteiger partial charge in [-0.2, -0.15) is 0 Å². The van der Waals surface area contributed by atoms with E-state index in [1.165, 1.54) is 0 Å². The van der Waals surface area contributed by atoms with Crippen molar-refractivity contribution in [2.75, 3.05) is 11.5 Å². The topological polar surface area (TPSA) is 46.6 Å². The lowest BCUT2D eigenvalue weighted by Crippen LogP contribution is -2.43. The minimum atomic E-state index is -0.0707. The molecule has 96 valence electrons. The van der Waals surface area contributed by atoms with Crippen molar-refractivity contribution in [1.82, 2.24) is 0 Å². The second-order valence-electron chi connectivity index (χ2n) is 4.61. The molecule has 2 rings (SSSR count). The predicted octanol–water partition coefficient (Wildman–Crippen LogP) is 2.41. The number of hydrogen-bond acceptors (Lipinski definition) is 3. The van der Waals surface area contributed by atoms with Gasteiger partial charge in [-0.3, -0.25) is 9.59 Å². The van der Waals surface area contributed by atoms with Crippen LogP contribution in [0.4, 0.5) is 5.69 Å². The van der Waals surface area contributed by atoms with E-state index in [2.05, 4.69) is 0 Å². The largest absolute Gasteiger partial charge is 0.482 e. The number of carbonyl (C=O) groups excluding carboxylic acids is 2. The molecule has 4 nitrogen and oxygen atoms in total. The molecule has 1 heterocycles. The van der Waals surface area contributed by atoms with E-state index in [0.29, 0.717) is 23.4 Å². The Morgan fingerprint density at radius 2 is 2.17 bits per heavy atom. The van der Waals surface area contributed by atoms with Gasteiger partial charge in [0.15, 0.2) is 12.4 Å². The van der Waals surface area contributed by atoms with Crippen LogP contribution in [0.1, 0.15) is 37.6 Å². The molecule has 1 amide bonds. The second-order valence-corrected chi connectivity index (χ2v) is 4.61. The molecule has 1 aromatic rings. The van der Waals surface area contributed by atoms with Gasteiger partial charge in [0.05, 0.1) is 5.69 Å². The maximum Gasteiger partial charge on any atom is 0.265 e. The third-order valence-corrected chi connectivity index (χ3v) is 3.00. The molecular formula is C14H17NO3. The number of ether oxygens (including phenoxy) is 1. The number of Topliss-reactive ketones (excluding diaryl/α,β-unsaturated/α-hetero) is 1. The molecule has 0 aliphatic carbocycles. The summed E-state index contributed by atoms with van der Waals surface area (Å²) in [4.78, 5) is 25.3. The Kier molecular flexibility index (Phi) is 3.36. The summed E-state index contributed by atoms with van der Waals surface area (Å²) in [5.41, 5.74) is 1.32. The summed E-state index contributed by atoms with van der Waals surface area (Å²) in [5, 5.41) is 0. The summed E-state index contributed by atoms with van der Waals surface area (Å²) in [5.74, 6) is 0.661. The van der Waals surface area contributed by atoms with Crippen LogP contribution in [-0.4, -0.2) is 24.3 Å². The van der Waals surface area contributed by atoms with E-state index in [1.54, 1.807) is 23.1 Å². The number of hydrogen-bond donors (Lipinski definition) is 0. The van der Waals surface area contributed by atoms with Gasteiger partial charge >= 0.3 is 0 Å². The van der Waals surface area contributed by atoms with Crippen molar-refractivity contribution in [3.05, 3.63) is 23.8 Å². The van der Waals surface area contributed by atoms with Gasteiger partial charge < -0.3 is 9.64 Å². The van der Waals surface area contributed by atoms with E-state index < -0.39 is 0 Å². The van der Waals surface area contributed by atoms with Crippen LogP contribution in [0.3, 0.4) is 0 Å². The Morgan fingerprint density at radius 3 is 2.78 bits per heavy atom. The first-order valence-electron chi connectivity index (χ1n) is 6.16. The molecule has 1 aromatic carbocycles. The Bertz CT molecular complexity index is 494. The van der Waals surface area contributed by atoms with E-state index in [1.807, 2.05) is 20.8 Å². The fraction of sp³-hybridized carbons (Fsp3) is 0.429. The van der Waals surface area contributed by atoms with Gasteiger partial charge in [0.2, 0.25) is 0 Å². The molecule has 0 saturated carbocycles. The third kappa shape index (κ3) is 2.10. The standard InChI is InChI=1S/C14H17NO3/c1-4-12(16)10-5-6-13-11(7-10)15(9(2)3)14(17)8-18-13/h5-7,9H,4,8H2,1-3H3. The highest BCUT2D eigenvalue weighted by Gasteiger charge is 2.28. The van der Waals surface area contributed by atoms with Gasteiger partial charge in [0, 0.05) is 18.0 Å². The third-order valence-electron chi connectivity index (χ3n) is 3.00. The first-order valence-corrected chi connectivity index (χ1v) is 6.16. The predicted molar refractivity (Wildman–Crippen MR) is 69.2 cm³/mol. The number of nitrogens with zero attached hydrogens (tertiary/aromatic N) is 1. The molecule has 0 radical (unpaired) electrons. The summed E-state index contributed by atoms with van der Waals surface area (Å²) in [6.07, 6.45) is 0.454. The van der Waals surface area contributed by atoms with Crippen molar-refractivity contribution < 1.29 is 14.3 Å². The molecule has 0 unspecified atom stereocenters. The molecule has 0 saturated heterocycles. The normalized spacial score (nSPS) is 14.4. The zero-order chi connectivity index (χ0) is 13.3. The Labute approximate surface area is 107 Å². The molecule has 18 heavy (non-hydrogen) atoms. The summed E-state index contributed by atoms with van der Waals surface area (Å²) in [6, 6.07) is 5.31. The van der Waals surface area contributed by atoms with Crippen LogP contribution in [0.5, 0.6) is 5.75 Å². The minimum Gasteiger partial charge on any atom is -0.482 e. The number of carbonyl (C=O) groups is 2. The first-order chi connectivity index (χ1) is 8.54. The van der Waals surface area contributed by atoms with E-state index in [9.17, 15) is 9.59 Å². The van der Waals surface area contributed by atoms with Gasteiger partial charge in [-0.25, -0.2) is 0 Å². The fourth-order valence-corrected chi connectivity index (χ4v) is 2.11. The average molecular weight is 247 g/mol. The van der Waals surface area contributed by atoms with Crippen molar-refractivity contribution >= 4 is 17.4 Å². The van der Waals surface area contributed by atoms with Gasteiger partial charge in [0.1, 0.15) is 5.75 Å².